The SMILES string of the molecule is CC(C)(C)n1nc(C(=O)N2CCOCC23CCOC3)cc1C1CC1. The Morgan fingerprint density at radius 3 is 2.58 bits per heavy atom. The second-order valence-electron chi connectivity index (χ2n) is 8.35. The Bertz CT molecular complexity index is 636. The molecule has 132 valence electrons. The minimum atomic E-state index is -0.305. The largest absolute Gasteiger partial charge is 0.379 e. The Labute approximate surface area is 143 Å². The molecular weight excluding hydrogens is 306 g/mol. The van der Waals surface area contributed by atoms with E-state index in [1.54, 1.807) is 0 Å². The summed E-state index contributed by atoms with van der Waals surface area (Å²) in [5.74, 6) is 0.584. The first kappa shape index (κ1) is 16.1. The van der Waals surface area contributed by atoms with Gasteiger partial charge >= 0.3 is 0 Å². The van der Waals surface area contributed by atoms with E-state index in [4.69, 9.17) is 14.6 Å². The van der Waals surface area contributed by atoms with Gasteiger partial charge in [-0.3, -0.25) is 9.48 Å². The third-order valence-electron chi connectivity index (χ3n) is 5.32. The fraction of sp³-hybridized carbons (Fsp3) is 0.778. The van der Waals surface area contributed by atoms with Crippen LogP contribution in [-0.4, -0.2) is 59.1 Å². The van der Waals surface area contributed by atoms with Gasteiger partial charge in [-0.25, -0.2) is 0 Å². The highest BCUT2D eigenvalue weighted by molar-refractivity contribution is 5.93. The molecule has 0 aromatic carbocycles. The number of amides is 1. The Kier molecular flexibility index (Phi) is 3.73. The Hall–Kier alpha value is -1.40. The highest BCUT2D eigenvalue weighted by Crippen LogP contribution is 2.42. The van der Waals surface area contributed by atoms with Crippen LogP contribution < -0.4 is 0 Å². The third kappa shape index (κ3) is 2.65. The number of carbonyl (C=O) groups is 1. The van der Waals surface area contributed by atoms with E-state index in [0.29, 0.717) is 44.6 Å². The van der Waals surface area contributed by atoms with E-state index in [2.05, 4.69) is 25.5 Å². The van der Waals surface area contributed by atoms with E-state index in [1.807, 2.05) is 11.0 Å². The monoisotopic (exact) mass is 333 g/mol. The van der Waals surface area contributed by atoms with Crippen LogP contribution in [0.5, 0.6) is 0 Å². The Morgan fingerprint density at radius 1 is 1.25 bits per heavy atom. The summed E-state index contributed by atoms with van der Waals surface area (Å²) in [6.07, 6.45) is 3.24. The van der Waals surface area contributed by atoms with Crippen molar-refractivity contribution in [2.45, 2.75) is 57.0 Å². The molecule has 1 unspecified atom stereocenters. The van der Waals surface area contributed by atoms with Gasteiger partial charge in [0.15, 0.2) is 5.69 Å². The minimum Gasteiger partial charge on any atom is -0.379 e. The number of aromatic nitrogens is 2. The van der Waals surface area contributed by atoms with Crippen molar-refractivity contribution in [3.05, 3.63) is 17.5 Å². The van der Waals surface area contributed by atoms with Crippen molar-refractivity contribution >= 4 is 5.91 Å². The molecule has 3 heterocycles. The van der Waals surface area contributed by atoms with Gasteiger partial charge < -0.3 is 14.4 Å². The highest BCUT2D eigenvalue weighted by Gasteiger charge is 2.46. The molecule has 3 aliphatic rings. The molecule has 6 heteroatoms. The number of carbonyl (C=O) groups excluding carboxylic acids is 1. The van der Waals surface area contributed by atoms with Crippen molar-refractivity contribution in [1.29, 1.82) is 0 Å². The highest BCUT2D eigenvalue weighted by atomic mass is 16.5. The molecule has 0 N–H and O–H groups in total. The molecular formula is C18H27N3O3. The first-order valence-electron chi connectivity index (χ1n) is 8.99. The van der Waals surface area contributed by atoms with Gasteiger partial charge in [-0.2, -0.15) is 5.10 Å². The average Bonchev–Trinajstić information content (AvgIpc) is 3.11. The fourth-order valence-corrected chi connectivity index (χ4v) is 3.82. The van der Waals surface area contributed by atoms with E-state index >= 15 is 0 Å². The summed E-state index contributed by atoms with van der Waals surface area (Å²) in [5.41, 5.74) is 1.35. The van der Waals surface area contributed by atoms with Crippen LogP contribution in [0.3, 0.4) is 0 Å². The number of nitrogens with zero attached hydrogens (tertiary/aromatic N) is 3. The molecule has 2 aliphatic heterocycles. The standard InChI is InChI=1S/C18H27N3O3/c1-17(2,3)21-15(13-4-5-13)10-14(19-21)16(22)20-7-9-24-12-18(20)6-8-23-11-18/h10,13H,4-9,11-12H2,1-3H3. The van der Waals surface area contributed by atoms with Crippen LogP contribution in [0.1, 0.15) is 62.1 Å². The number of hydrogen-bond donors (Lipinski definition) is 0. The lowest BCUT2D eigenvalue weighted by molar-refractivity contribution is -0.0553. The molecule has 2 saturated heterocycles. The normalized spacial score (nSPS) is 27.9. The molecule has 1 spiro atoms. The minimum absolute atomic E-state index is 0.0219. The molecule has 6 nitrogen and oxygen atoms in total. The van der Waals surface area contributed by atoms with Crippen LogP contribution >= 0.6 is 0 Å². The van der Waals surface area contributed by atoms with Gasteiger partial charge in [0.2, 0.25) is 0 Å². The number of ether oxygens (including phenoxy) is 2. The second kappa shape index (κ2) is 5.56. The number of rotatable bonds is 2. The molecule has 1 atom stereocenters. The van der Waals surface area contributed by atoms with E-state index in [1.165, 1.54) is 18.5 Å². The van der Waals surface area contributed by atoms with E-state index in [0.717, 1.165) is 6.42 Å². The van der Waals surface area contributed by atoms with Gasteiger partial charge in [0.05, 0.1) is 30.9 Å². The molecule has 0 bridgehead atoms. The predicted molar refractivity (Wildman–Crippen MR) is 89.2 cm³/mol. The Balaban J connectivity index is 1.66. The van der Waals surface area contributed by atoms with E-state index in [9.17, 15) is 4.79 Å². The number of hydrogen-bond acceptors (Lipinski definition) is 4. The maximum absolute atomic E-state index is 13.2. The molecule has 1 aromatic rings. The zero-order valence-corrected chi connectivity index (χ0v) is 14.9. The molecule has 3 fully saturated rings. The lowest BCUT2D eigenvalue weighted by atomic mass is 9.95. The zero-order valence-electron chi connectivity index (χ0n) is 14.9. The topological polar surface area (TPSA) is 56.6 Å². The smallest absolute Gasteiger partial charge is 0.275 e. The molecule has 1 aliphatic carbocycles. The molecule has 4 rings (SSSR count). The summed E-state index contributed by atoms with van der Waals surface area (Å²) >= 11 is 0. The molecule has 24 heavy (non-hydrogen) atoms. The summed E-state index contributed by atoms with van der Waals surface area (Å²) in [7, 11) is 0. The van der Waals surface area contributed by atoms with Crippen molar-refractivity contribution < 1.29 is 14.3 Å². The first-order valence-corrected chi connectivity index (χ1v) is 8.99. The van der Waals surface area contributed by atoms with Crippen molar-refractivity contribution in [3.8, 4) is 0 Å². The van der Waals surface area contributed by atoms with E-state index in [-0.39, 0.29) is 17.0 Å². The van der Waals surface area contributed by atoms with Crippen LogP contribution in [0.15, 0.2) is 6.07 Å². The van der Waals surface area contributed by atoms with Crippen LogP contribution in [0.25, 0.3) is 0 Å². The summed E-state index contributed by atoms with van der Waals surface area (Å²) in [6.45, 7) is 9.44. The molecule has 1 aromatic heterocycles. The second-order valence-corrected chi connectivity index (χ2v) is 8.35. The molecule has 1 saturated carbocycles. The molecule has 0 radical (unpaired) electrons. The van der Waals surface area contributed by atoms with Crippen LogP contribution in [0.4, 0.5) is 0 Å². The van der Waals surface area contributed by atoms with Crippen LogP contribution in [-0.2, 0) is 15.0 Å². The Morgan fingerprint density at radius 2 is 1.96 bits per heavy atom. The third-order valence-corrected chi connectivity index (χ3v) is 5.32. The zero-order chi connectivity index (χ0) is 16.9. The van der Waals surface area contributed by atoms with Crippen LogP contribution in [0, 0.1) is 0 Å². The fourth-order valence-electron chi connectivity index (χ4n) is 3.82. The summed E-state index contributed by atoms with van der Waals surface area (Å²) in [6, 6.07) is 2.02. The van der Waals surface area contributed by atoms with E-state index < -0.39 is 0 Å². The number of morpholine rings is 1. The van der Waals surface area contributed by atoms with Gasteiger partial charge in [0.25, 0.3) is 5.91 Å². The van der Waals surface area contributed by atoms with Crippen molar-refractivity contribution in [1.82, 2.24) is 14.7 Å². The van der Waals surface area contributed by atoms with Gasteiger partial charge in [-0.1, -0.05) is 0 Å². The predicted octanol–water partition coefficient (Wildman–Crippen LogP) is 2.15. The quantitative estimate of drug-likeness (QED) is 0.832. The lowest BCUT2D eigenvalue weighted by Crippen LogP contribution is -2.59. The van der Waals surface area contributed by atoms with Gasteiger partial charge in [0, 0.05) is 24.8 Å². The lowest BCUT2D eigenvalue weighted by Gasteiger charge is -2.43. The van der Waals surface area contributed by atoms with Crippen LogP contribution in [0.2, 0.25) is 0 Å². The molecule has 1 amide bonds. The van der Waals surface area contributed by atoms with Gasteiger partial charge in [-0.15, -0.1) is 0 Å². The van der Waals surface area contributed by atoms with Crippen molar-refractivity contribution in [3.63, 3.8) is 0 Å². The summed E-state index contributed by atoms with van der Waals surface area (Å²) in [4.78, 5) is 15.2. The maximum atomic E-state index is 13.2. The van der Waals surface area contributed by atoms with Gasteiger partial charge in [0.1, 0.15) is 0 Å². The average molecular weight is 333 g/mol. The van der Waals surface area contributed by atoms with Crippen molar-refractivity contribution in [2.75, 3.05) is 33.0 Å². The van der Waals surface area contributed by atoms with Crippen molar-refractivity contribution in [2.24, 2.45) is 0 Å². The van der Waals surface area contributed by atoms with Gasteiger partial charge in [-0.05, 0) is 46.1 Å². The summed E-state index contributed by atoms with van der Waals surface area (Å²) < 4.78 is 13.3. The first-order chi connectivity index (χ1) is 11.4. The summed E-state index contributed by atoms with van der Waals surface area (Å²) in [5, 5.41) is 4.72. The maximum Gasteiger partial charge on any atom is 0.275 e.